The minimum Gasteiger partial charge on any atom is -0.486 e. The quantitative estimate of drug-likeness (QED) is 0.534. The molecule has 0 fully saturated rings. The van der Waals surface area contributed by atoms with E-state index in [1.54, 1.807) is 13.3 Å². The summed E-state index contributed by atoms with van der Waals surface area (Å²) in [6.07, 6.45) is 3.94. The van der Waals surface area contributed by atoms with Gasteiger partial charge in [0, 0.05) is 13.2 Å². The topological polar surface area (TPSA) is 56.3 Å². The molecule has 1 aromatic rings. The number of anilines is 1. The van der Waals surface area contributed by atoms with Gasteiger partial charge in [-0.1, -0.05) is 13.3 Å². The van der Waals surface area contributed by atoms with Crippen molar-refractivity contribution in [3.63, 3.8) is 0 Å². The summed E-state index contributed by atoms with van der Waals surface area (Å²) in [6, 6.07) is 0.370. The van der Waals surface area contributed by atoms with E-state index in [1.165, 1.54) is 0 Å². The Bertz CT molecular complexity index is 363. The Morgan fingerprint density at radius 2 is 2.22 bits per heavy atom. The van der Waals surface area contributed by atoms with Crippen LogP contribution in [0.4, 0.5) is 5.82 Å². The second kappa shape index (κ2) is 7.92. The van der Waals surface area contributed by atoms with Gasteiger partial charge in [0.1, 0.15) is 6.61 Å². The lowest BCUT2D eigenvalue weighted by Crippen LogP contribution is -2.22. The first-order valence-electron chi connectivity index (χ1n) is 6.39. The molecule has 1 N–H and O–H groups in total. The molecule has 0 bridgehead atoms. The molecule has 0 aliphatic rings. The van der Waals surface area contributed by atoms with Crippen LogP contribution in [0.1, 0.15) is 26.7 Å². The van der Waals surface area contributed by atoms with E-state index in [1.807, 2.05) is 7.85 Å². The Kier molecular flexibility index (Phi) is 6.50. The summed E-state index contributed by atoms with van der Waals surface area (Å²) in [7, 11) is 3.52. The molecule has 0 aromatic carbocycles. The van der Waals surface area contributed by atoms with Gasteiger partial charge in [-0.3, -0.25) is 0 Å². The zero-order chi connectivity index (χ0) is 13.4. The van der Waals surface area contributed by atoms with Gasteiger partial charge in [-0.05, 0) is 13.3 Å². The van der Waals surface area contributed by atoms with Crippen molar-refractivity contribution in [1.29, 1.82) is 0 Å². The summed E-state index contributed by atoms with van der Waals surface area (Å²) >= 11 is 0. The van der Waals surface area contributed by atoms with E-state index in [2.05, 4.69) is 29.1 Å². The van der Waals surface area contributed by atoms with Gasteiger partial charge >= 0.3 is 0 Å². The van der Waals surface area contributed by atoms with Crippen LogP contribution in [0.5, 0.6) is 5.75 Å². The Morgan fingerprint density at radius 3 is 2.89 bits per heavy atom. The van der Waals surface area contributed by atoms with Crippen molar-refractivity contribution in [1.82, 2.24) is 9.97 Å². The van der Waals surface area contributed by atoms with Crippen LogP contribution in [0.3, 0.4) is 0 Å². The molecule has 5 nitrogen and oxygen atoms in total. The molecular weight excluding hydrogens is 229 g/mol. The number of nitrogens with one attached hydrogen (secondary N) is 1. The minimum absolute atomic E-state index is 0.370. The van der Waals surface area contributed by atoms with E-state index < -0.39 is 0 Å². The molecule has 100 valence electrons. The molecule has 1 aromatic heterocycles. The monoisotopic (exact) mass is 251 g/mol. The van der Waals surface area contributed by atoms with Crippen LogP contribution in [0, 0.1) is 0 Å². The van der Waals surface area contributed by atoms with Crippen molar-refractivity contribution in [3.05, 3.63) is 6.20 Å². The summed E-state index contributed by atoms with van der Waals surface area (Å²) in [5.41, 5.74) is 0.736. The Hall–Kier alpha value is -1.30. The predicted octanol–water partition coefficient (Wildman–Crippen LogP) is 0.361. The Morgan fingerprint density at radius 1 is 1.44 bits per heavy atom. The summed E-state index contributed by atoms with van der Waals surface area (Å²) in [4.78, 5) is 8.54. The first-order valence-corrected chi connectivity index (χ1v) is 6.39. The molecule has 0 spiro atoms. The van der Waals surface area contributed by atoms with Crippen molar-refractivity contribution in [3.8, 4) is 5.75 Å². The van der Waals surface area contributed by atoms with Crippen molar-refractivity contribution in [2.75, 3.05) is 25.6 Å². The molecule has 18 heavy (non-hydrogen) atoms. The van der Waals surface area contributed by atoms with Gasteiger partial charge in [0.25, 0.3) is 0 Å². The smallest absolute Gasteiger partial charge is 0.189 e. The molecule has 1 rings (SSSR count). The molecule has 6 heteroatoms. The SMILES string of the molecule is Bc1ncc(OCCOC)c(NC(C)CCC)n1. The third-order valence-corrected chi connectivity index (χ3v) is 2.53. The average molecular weight is 251 g/mol. The van der Waals surface area contributed by atoms with Crippen LogP contribution in [0.15, 0.2) is 6.20 Å². The fourth-order valence-electron chi connectivity index (χ4n) is 1.64. The highest BCUT2D eigenvalue weighted by Crippen LogP contribution is 2.20. The van der Waals surface area contributed by atoms with E-state index in [0.29, 0.717) is 25.0 Å². The number of methoxy groups -OCH3 is 1. The van der Waals surface area contributed by atoms with Crippen LogP contribution in [0.2, 0.25) is 0 Å². The molecule has 0 amide bonds. The first-order chi connectivity index (χ1) is 8.67. The van der Waals surface area contributed by atoms with Gasteiger partial charge in [0.2, 0.25) is 0 Å². The third-order valence-electron chi connectivity index (χ3n) is 2.53. The lowest BCUT2D eigenvalue weighted by atomic mass is 10.1. The lowest BCUT2D eigenvalue weighted by molar-refractivity contribution is 0.146. The van der Waals surface area contributed by atoms with Crippen LogP contribution in [0.25, 0.3) is 0 Å². The molecule has 0 aliphatic heterocycles. The van der Waals surface area contributed by atoms with Crippen molar-refractivity contribution < 1.29 is 9.47 Å². The fourth-order valence-corrected chi connectivity index (χ4v) is 1.64. The van der Waals surface area contributed by atoms with Crippen LogP contribution >= 0.6 is 0 Å². The van der Waals surface area contributed by atoms with Gasteiger partial charge in [-0.2, -0.15) is 0 Å². The van der Waals surface area contributed by atoms with Gasteiger partial charge < -0.3 is 14.8 Å². The van der Waals surface area contributed by atoms with Crippen LogP contribution in [-0.2, 0) is 4.74 Å². The maximum absolute atomic E-state index is 5.60. The Labute approximate surface area is 110 Å². The molecule has 0 aliphatic carbocycles. The van der Waals surface area contributed by atoms with Crippen molar-refractivity contribution in [2.24, 2.45) is 0 Å². The number of aromatic nitrogens is 2. The number of hydrogen-bond donors (Lipinski definition) is 1. The number of hydrogen-bond acceptors (Lipinski definition) is 5. The molecule has 0 saturated heterocycles. The van der Waals surface area contributed by atoms with E-state index in [9.17, 15) is 0 Å². The number of rotatable bonds is 8. The lowest BCUT2D eigenvalue weighted by Gasteiger charge is -2.17. The maximum Gasteiger partial charge on any atom is 0.189 e. The normalized spacial score (nSPS) is 12.2. The van der Waals surface area contributed by atoms with E-state index in [4.69, 9.17) is 9.47 Å². The largest absolute Gasteiger partial charge is 0.486 e. The fraction of sp³-hybridized carbons (Fsp3) is 0.667. The zero-order valence-electron chi connectivity index (χ0n) is 11.7. The van der Waals surface area contributed by atoms with E-state index in [0.717, 1.165) is 24.4 Å². The van der Waals surface area contributed by atoms with Gasteiger partial charge in [-0.15, -0.1) is 0 Å². The summed E-state index contributed by atoms with van der Waals surface area (Å²) in [5.74, 6) is 1.44. The second-order valence-corrected chi connectivity index (χ2v) is 4.31. The number of ether oxygens (including phenoxy) is 2. The predicted molar refractivity (Wildman–Crippen MR) is 75.6 cm³/mol. The average Bonchev–Trinajstić information content (AvgIpc) is 2.32. The highest BCUT2D eigenvalue weighted by molar-refractivity contribution is 6.29. The molecule has 0 saturated carbocycles. The molecule has 1 heterocycles. The Balaban J connectivity index is 2.69. The number of nitrogens with zero attached hydrogens (tertiary/aromatic N) is 2. The highest BCUT2D eigenvalue weighted by Gasteiger charge is 2.09. The summed E-state index contributed by atoms with van der Waals surface area (Å²) in [6.45, 7) is 5.36. The van der Waals surface area contributed by atoms with Crippen molar-refractivity contribution >= 4 is 19.4 Å². The van der Waals surface area contributed by atoms with Gasteiger partial charge in [0.05, 0.1) is 18.5 Å². The van der Waals surface area contributed by atoms with Crippen molar-refractivity contribution in [2.45, 2.75) is 32.7 Å². The van der Waals surface area contributed by atoms with Crippen LogP contribution in [-0.4, -0.2) is 44.2 Å². The van der Waals surface area contributed by atoms with E-state index in [-0.39, 0.29) is 0 Å². The molecular formula is C12H22BN3O2. The maximum atomic E-state index is 5.60. The summed E-state index contributed by atoms with van der Waals surface area (Å²) in [5, 5.41) is 3.36. The van der Waals surface area contributed by atoms with E-state index >= 15 is 0 Å². The highest BCUT2D eigenvalue weighted by atomic mass is 16.5. The zero-order valence-corrected chi connectivity index (χ0v) is 11.7. The summed E-state index contributed by atoms with van der Waals surface area (Å²) < 4.78 is 10.6. The second-order valence-electron chi connectivity index (χ2n) is 4.31. The molecule has 1 unspecified atom stereocenters. The minimum atomic E-state index is 0.370. The standard InChI is InChI=1S/C12H22BN3O2/c1-4-5-9(2)15-11-10(18-7-6-17-3)8-14-12(13)16-11/h8-9H,4-7,13H2,1-3H3,(H,14,15,16). The molecule has 1 atom stereocenters. The van der Waals surface area contributed by atoms with Gasteiger partial charge in [-0.25, -0.2) is 9.97 Å². The molecule has 0 radical (unpaired) electrons. The van der Waals surface area contributed by atoms with Crippen LogP contribution < -0.4 is 15.8 Å². The van der Waals surface area contributed by atoms with Gasteiger partial charge in [0.15, 0.2) is 19.4 Å². The first kappa shape index (κ1) is 14.8. The third kappa shape index (κ3) is 4.92.